The van der Waals surface area contributed by atoms with Crippen LogP contribution in [0, 0.1) is 5.92 Å². The molecule has 0 aliphatic rings. The van der Waals surface area contributed by atoms with E-state index in [0.717, 1.165) is 19.3 Å². The summed E-state index contributed by atoms with van der Waals surface area (Å²) < 4.78 is 31.0. The molecule has 0 saturated heterocycles. The van der Waals surface area contributed by atoms with Gasteiger partial charge in [0.05, 0.1) is 12.9 Å². The van der Waals surface area contributed by atoms with Crippen molar-refractivity contribution in [2.75, 3.05) is 26.1 Å². The lowest BCUT2D eigenvalue weighted by atomic mass is 10.1. The van der Waals surface area contributed by atoms with Crippen molar-refractivity contribution in [2.45, 2.75) is 26.7 Å². The first kappa shape index (κ1) is 13.9. The fraction of sp³-hybridized carbons (Fsp3) is 1.00. The molecule has 0 amide bonds. The lowest BCUT2D eigenvalue weighted by Crippen LogP contribution is -2.09. The first-order valence-corrected chi connectivity index (χ1v) is 6.69. The molecule has 0 aromatic heterocycles. The predicted octanol–water partition coefficient (Wildman–Crippen LogP) is 1.42. The van der Waals surface area contributed by atoms with Crippen LogP contribution in [-0.4, -0.2) is 34.5 Å². The highest BCUT2D eigenvalue weighted by atomic mass is 32.2. The number of hydrogen-bond donors (Lipinski definition) is 0. The SMILES string of the molecule is CCC(C)COCCCOS(C)(=O)=O. The highest BCUT2D eigenvalue weighted by molar-refractivity contribution is 7.85. The zero-order valence-corrected chi connectivity index (χ0v) is 9.97. The largest absolute Gasteiger partial charge is 0.381 e. The molecule has 5 heteroatoms. The van der Waals surface area contributed by atoms with Crippen LogP contribution < -0.4 is 0 Å². The van der Waals surface area contributed by atoms with Gasteiger partial charge in [0.1, 0.15) is 0 Å². The van der Waals surface area contributed by atoms with E-state index in [9.17, 15) is 8.42 Å². The Bertz CT molecular complexity index is 223. The Labute approximate surface area is 86.7 Å². The molecule has 4 nitrogen and oxygen atoms in total. The van der Waals surface area contributed by atoms with Crippen molar-refractivity contribution >= 4 is 10.1 Å². The number of ether oxygens (including phenoxy) is 1. The molecule has 0 spiro atoms. The zero-order chi connectivity index (χ0) is 11.0. The van der Waals surface area contributed by atoms with Gasteiger partial charge in [-0.05, 0) is 12.3 Å². The van der Waals surface area contributed by atoms with Crippen molar-refractivity contribution in [2.24, 2.45) is 5.92 Å². The van der Waals surface area contributed by atoms with Gasteiger partial charge >= 0.3 is 0 Å². The molecule has 86 valence electrons. The summed E-state index contributed by atoms with van der Waals surface area (Å²) in [5.74, 6) is 0.561. The summed E-state index contributed by atoms with van der Waals surface area (Å²) in [6.07, 6.45) is 2.76. The number of rotatable bonds is 8. The Morgan fingerprint density at radius 2 is 1.93 bits per heavy atom. The summed E-state index contributed by atoms with van der Waals surface area (Å²) in [6.45, 7) is 5.72. The molecule has 0 N–H and O–H groups in total. The van der Waals surface area contributed by atoms with Gasteiger partial charge in [0.2, 0.25) is 0 Å². The van der Waals surface area contributed by atoms with Gasteiger partial charge in [0.25, 0.3) is 10.1 Å². The zero-order valence-electron chi connectivity index (χ0n) is 9.15. The van der Waals surface area contributed by atoms with Crippen LogP contribution in [0.1, 0.15) is 26.7 Å². The standard InChI is InChI=1S/C9H20O4S/c1-4-9(2)8-12-6-5-7-13-14(3,10)11/h9H,4-8H2,1-3H3. The molecule has 1 unspecified atom stereocenters. The van der Waals surface area contributed by atoms with E-state index in [2.05, 4.69) is 18.0 Å². The summed E-state index contributed by atoms with van der Waals surface area (Å²) in [7, 11) is -3.29. The van der Waals surface area contributed by atoms with Crippen molar-refractivity contribution in [3.8, 4) is 0 Å². The number of hydrogen-bond acceptors (Lipinski definition) is 4. The van der Waals surface area contributed by atoms with Crippen LogP contribution in [0.5, 0.6) is 0 Å². The third kappa shape index (κ3) is 9.95. The highest BCUT2D eigenvalue weighted by Crippen LogP contribution is 2.01. The van der Waals surface area contributed by atoms with Gasteiger partial charge in [-0.3, -0.25) is 4.18 Å². The predicted molar refractivity (Wildman–Crippen MR) is 55.7 cm³/mol. The van der Waals surface area contributed by atoms with Crippen LogP contribution >= 0.6 is 0 Å². The first-order chi connectivity index (χ1) is 6.45. The van der Waals surface area contributed by atoms with Gasteiger partial charge in [-0.1, -0.05) is 20.3 Å². The van der Waals surface area contributed by atoms with Gasteiger partial charge in [0, 0.05) is 13.2 Å². The van der Waals surface area contributed by atoms with E-state index in [0.29, 0.717) is 18.9 Å². The van der Waals surface area contributed by atoms with Gasteiger partial charge < -0.3 is 4.74 Å². The second kappa shape index (κ2) is 7.20. The van der Waals surface area contributed by atoms with E-state index in [1.165, 1.54) is 0 Å². The third-order valence-corrected chi connectivity index (χ3v) is 2.42. The van der Waals surface area contributed by atoms with Crippen molar-refractivity contribution in [1.82, 2.24) is 0 Å². The molecule has 0 saturated carbocycles. The Hall–Kier alpha value is -0.130. The van der Waals surface area contributed by atoms with E-state index in [4.69, 9.17) is 4.74 Å². The van der Waals surface area contributed by atoms with Crippen LogP contribution in [0.15, 0.2) is 0 Å². The van der Waals surface area contributed by atoms with Crippen LogP contribution in [0.4, 0.5) is 0 Å². The average Bonchev–Trinajstić information content (AvgIpc) is 2.08. The molecule has 1 atom stereocenters. The second-order valence-corrected chi connectivity index (χ2v) is 5.11. The van der Waals surface area contributed by atoms with Gasteiger partial charge in [-0.2, -0.15) is 8.42 Å². The smallest absolute Gasteiger partial charge is 0.264 e. The summed E-state index contributed by atoms with van der Waals surface area (Å²) in [5.41, 5.74) is 0. The molecule has 0 rings (SSSR count). The third-order valence-electron chi connectivity index (χ3n) is 1.83. The van der Waals surface area contributed by atoms with Crippen molar-refractivity contribution < 1.29 is 17.3 Å². The van der Waals surface area contributed by atoms with Crippen LogP contribution in [0.3, 0.4) is 0 Å². The van der Waals surface area contributed by atoms with Gasteiger partial charge in [-0.25, -0.2) is 0 Å². The van der Waals surface area contributed by atoms with Crippen molar-refractivity contribution in [1.29, 1.82) is 0 Å². The lowest BCUT2D eigenvalue weighted by molar-refractivity contribution is 0.0933. The van der Waals surface area contributed by atoms with Crippen molar-refractivity contribution in [3.05, 3.63) is 0 Å². The summed E-state index contributed by atoms with van der Waals surface area (Å²) >= 11 is 0. The Balaban J connectivity index is 3.23. The quantitative estimate of drug-likeness (QED) is 0.462. The van der Waals surface area contributed by atoms with E-state index in [-0.39, 0.29) is 6.61 Å². The molecule has 0 radical (unpaired) electrons. The maximum absolute atomic E-state index is 10.6. The Morgan fingerprint density at radius 3 is 2.43 bits per heavy atom. The normalized spacial score (nSPS) is 14.2. The van der Waals surface area contributed by atoms with E-state index in [1.54, 1.807) is 0 Å². The molecule has 0 heterocycles. The average molecular weight is 224 g/mol. The maximum atomic E-state index is 10.6. The molecule has 0 fully saturated rings. The van der Waals surface area contributed by atoms with E-state index < -0.39 is 10.1 Å². The molecular formula is C9H20O4S. The second-order valence-electron chi connectivity index (χ2n) is 3.47. The van der Waals surface area contributed by atoms with Crippen LogP contribution in [-0.2, 0) is 19.0 Å². The Morgan fingerprint density at radius 1 is 1.29 bits per heavy atom. The highest BCUT2D eigenvalue weighted by Gasteiger charge is 2.01. The molecular weight excluding hydrogens is 204 g/mol. The molecule has 0 aliphatic heterocycles. The summed E-state index contributed by atoms with van der Waals surface area (Å²) in [5, 5.41) is 0. The monoisotopic (exact) mass is 224 g/mol. The van der Waals surface area contributed by atoms with Crippen LogP contribution in [0.25, 0.3) is 0 Å². The van der Waals surface area contributed by atoms with Crippen molar-refractivity contribution in [3.63, 3.8) is 0 Å². The summed E-state index contributed by atoms with van der Waals surface area (Å²) in [6, 6.07) is 0. The first-order valence-electron chi connectivity index (χ1n) is 4.88. The topological polar surface area (TPSA) is 52.6 Å². The molecule has 0 aromatic carbocycles. The Kier molecular flexibility index (Phi) is 7.13. The molecule has 0 aliphatic carbocycles. The lowest BCUT2D eigenvalue weighted by Gasteiger charge is -2.08. The van der Waals surface area contributed by atoms with E-state index >= 15 is 0 Å². The maximum Gasteiger partial charge on any atom is 0.264 e. The fourth-order valence-corrected chi connectivity index (χ4v) is 1.19. The minimum absolute atomic E-state index is 0.208. The van der Waals surface area contributed by atoms with Crippen LogP contribution in [0.2, 0.25) is 0 Å². The summed E-state index contributed by atoms with van der Waals surface area (Å²) in [4.78, 5) is 0. The minimum Gasteiger partial charge on any atom is -0.381 e. The molecule has 0 bridgehead atoms. The molecule has 0 aromatic rings. The fourth-order valence-electron chi connectivity index (χ4n) is 0.774. The van der Waals surface area contributed by atoms with E-state index in [1.807, 2.05) is 0 Å². The van der Waals surface area contributed by atoms with Gasteiger partial charge in [-0.15, -0.1) is 0 Å². The molecule has 14 heavy (non-hydrogen) atoms. The van der Waals surface area contributed by atoms with Gasteiger partial charge in [0.15, 0.2) is 0 Å². The minimum atomic E-state index is -3.29.